The van der Waals surface area contributed by atoms with Gasteiger partial charge in [0.15, 0.2) is 5.76 Å². The highest BCUT2D eigenvalue weighted by Crippen LogP contribution is 2.35. The van der Waals surface area contributed by atoms with Crippen LogP contribution in [0.5, 0.6) is 11.5 Å². The van der Waals surface area contributed by atoms with Gasteiger partial charge in [-0.1, -0.05) is 61.0 Å². The van der Waals surface area contributed by atoms with Crippen LogP contribution in [0.15, 0.2) is 72.5 Å². The molecule has 28 heavy (non-hydrogen) atoms. The number of benzene rings is 3. The molecule has 3 aromatic carbocycles. The predicted molar refractivity (Wildman–Crippen MR) is 111 cm³/mol. The van der Waals surface area contributed by atoms with Crippen LogP contribution in [0.4, 0.5) is 0 Å². The second kappa shape index (κ2) is 7.91. The van der Waals surface area contributed by atoms with Gasteiger partial charge in [0.2, 0.25) is 5.78 Å². The molecule has 140 valence electrons. The van der Waals surface area contributed by atoms with Crippen LogP contribution in [0.1, 0.15) is 34.0 Å². The smallest absolute Gasteiger partial charge is 0.231 e. The maximum absolute atomic E-state index is 12.6. The normalized spacial score (nSPS) is 14.1. The number of allylic oxidation sites excluding steroid dienone is 1. The van der Waals surface area contributed by atoms with Gasteiger partial charge in [0, 0.05) is 16.7 Å². The van der Waals surface area contributed by atoms with Gasteiger partial charge in [-0.25, -0.2) is 0 Å². The predicted octanol–water partition coefficient (Wildman–Crippen LogP) is 6.10. The molecular weight excluding hydrogens is 372 g/mol. The van der Waals surface area contributed by atoms with E-state index in [9.17, 15) is 4.79 Å². The van der Waals surface area contributed by atoms with Gasteiger partial charge in [-0.15, -0.1) is 0 Å². The molecule has 1 aliphatic heterocycles. The van der Waals surface area contributed by atoms with Gasteiger partial charge in [0.25, 0.3) is 0 Å². The highest BCUT2D eigenvalue weighted by atomic mass is 35.5. The average molecular weight is 391 g/mol. The van der Waals surface area contributed by atoms with E-state index >= 15 is 0 Å². The SMILES string of the molecule is CCc1ccc(/C=C2/Oc3cc(OCc4ccccc4Cl)ccc3C2=O)cc1. The number of hydrogen-bond acceptors (Lipinski definition) is 3. The Morgan fingerprint density at radius 1 is 1.04 bits per heavy atom. The summed E-state index contributed by atoms with van der Waals surface area (Å²) in [5.41, 5.74) is 3.63. The first kappa shape index (κ1) is 18.3. The van der Waals surface area contributed by atoms with Crippen molar-refractivity contribution in [1.29, 1.82) is 0 Å². The van der Waals surface area contributed by atoms with E-state index in [2.05, 4.69) is 19.1 Å². The second-order valence-corrected chi connectivity index (χ2v) is 6.98. The van der Waals surface area contributed by atoms with Gasteiger partial charge in [0.1, 0.15) is 18.1 Å². The average Bonchev–Trinajstić information content (AvgIpc) is 3.03. The summed E-state index contributed by atoms with van der Waals surface area (Å²) >= 11 is 6.16. The molecule has 4 heteroatoms. The molecule has 0 radical (unpaired) electrons. The van der Waals surface area contributed by atoms with E-state index in [0.29, 0.717) is 34.5 Å². The van der Waals surface area contributed by atoms with Crippen molar-refractivity contribution in [3.05, 3.63) is 99.8 Å². The van der Waals surface area contributed by atoms with Crippen molar-refractivity contribution in [3.8, 4) is 11.5 Å². The topological polar surface area (TPSA) is 35.5 Å². The molecule has 0 bridgehead atoms. The fraction of sp³-hybridized carbons (Fsp3) is 0.125. The van der Waals surface area contributed by atoms with Crippen molar-refractivity contribution in [2.45, 2.75) is 20.0 Å². The summed E-state index contributed by atoms with van der Waals surface area (Å²) in [4.78, 5) is 12.6. The highest BCUT2D eigenvalue weighted by Gasteiger charge is 2.27. The number of ether oxygens (including phenoxy) is 2. The second-order valence-electron chi connectivity index (χ2n) is 6.57. The molecule has 3 nitrogen and oxygen atoms in total. The summed E-state index contributed by atoms with van der Waals surface area (Å²) in [5.74, 6) is 1.34. The number of ketones is 1. The lowest BCUT2D eigenvalue weighted by Crippen LogP contribution is -1.98. The minimum absolute atomic E-state index is 0.118. The molecule has 0 saturated heterocycles. The minimum atomic E-state index is -0.118. The third-order valence-corrected chi connectivity index (χ3v) is 5.05. The van der Waals surface area contributed by atoms with Crippen LogP contribution < -0.4 is 9.47 Å². The van der Waals surface area contributed by atoms with E-state index in [1.54, 1.807) is 24.3 Å². The first-order valence-corrected chi connectivity index (χ1v) is 9.55. The van der Waals surface area contributed by atoms with E-state index < -0.39 is 0 Å². The molecule has 3 aromatic rings. The highest BCUT2D eigenvalue weighted by molar-refractivity contribution is 6.31. The Labute approximate surface area is 169 Å². The maximum Gasteiger partial charge on any atom is 0.231 e. The molecule has 1 aliphatic rings. The largest absolute Gasteiger partial charge is 0.489 e. The number of Topliss-reactive ketones (excluding diaryl/α,β-unsaturated/α-hetero) is 1. The van der Waals surface area contributed by atoms with E-state index in [1.165, 1.54) is 5.56 Å². The summed E-state index contributed by atoms with van der Waals surface area (Å²) in [6.07, 6.45) is 2.75. The lowest BCUT2D eigenvalue weighted by molar-refractivity contribution is 0.101. The van der Waals surface area contributed by atoms with E-state index in [1.807, 2.05) is 36.4 Å². The monoisotopic (exact) mass is 390 g/mol. The van der Waals surface area contributed by atoms with Crippen LogP contribution in [-0.2, 0) is 13.0 Å². The number of aryl methyl sites for hydroxylation is 1. The number of carbonyl (C=O) groups excluding carboxylic acids is 1. The standard InChI is InChI=1S/C24H19ClO3/c1-2-16-7-9-17(10-8-16)13-23-24(26)20-12-11-19(14-22(20)28-23)27-15-18-5-3-4-6-21(18)25/h3-14H,2,15H2,1H3/b23-13+. The fourth-order valence-electron chi connectivity index (χ4n) is 3.03. The number of fused-ring (bicyclic) bond motifs is 1. The molecule has 0 saturated carbocycles. The molecule has 0 amide bonds. The summed E-state index contributed by atoms with van der Waals surface area (Å²) in [6.45, 7) is 2.46. The van der Waals surface area contributed by atoms with Gasteiger partial charge in [-0.3, -0.25) is 4.79 Å². The van der Waals surface area contributed by atoms with Crippen molar-refractivity contribution >= 4 is 23.5 Å². The Morgan fingerprint density at radius 2 is 1.82 bits per heavy atom. The van der Waals surface area contributed by atoms with Crippen LogP contribution in [0, 0.1) is 0 Å². The van der Waals surface area contributed by atoms with Crippen LogP contribution >= 0.6 is 11.6 Å². The number of hydrogen-bond donors (Lipinski definition) is 0. The maximum atomic E-state index is 12.6. The lowest BCUT2D eigenvalue weighted by atomic mass is 10.1. The molecule has 0 aromatic heterocycles. The molecular formula is C24H19ClO3. The van der Waals surface area contributed by atoms with E-state index in [4.69, 9.17) is 21.1 Å². The lowest BCUT2D eigenvalue weighted by Gasteiger charge is -2.08. The van der Waals surface area contributed by atoms with E-state index in [0.717, 1.165) is 17.5 Å². The van der Waals surface area contributed by atoms with Crippen LogP contribution in [0.2, 0.25) is 5.02 Å². The molecule has 0 unspecified atom stereocenters. The fourth-order valence-corrected chi connectivity index (χ4v) is 3.22. The molecule has 0 fully saturated rings. The Hall–Kier alpha value is -3.04. The third kappa shape index (κ3) is 3.80. The van der Waals surface area contributed by atoms with Gasteiger partial charge >= 0.3 is 0 Å². The molecule has 0 atom stereocenters. The third-order valence-electron chi connectivity index (χ3n) is 4.68. The zero-order valence-corrected chi connectivity index (χ0v) is 16.2. The summed E-state index contributed by atoms with van der Waals surface area (Å²) in [5, 5.41) is 0.661. The first-order chi connectivity index (χ1) is 13.6. The molecule has 4 rings (SSSR count). The zero-order chi connectivity index (χ0) is 19.5. The molecule has 0 aliphatic carbocycles. The summed E-state index contributed by atoms with van der Waals surface area (Å²) < 4.78 is 11.6. The number of halogens is 1. The zero-order valence-electron chi connectivity index (χ0n) is 15.4. The molecule has 1 heterocycles. The van der Waals surface area contributed by atoms with Crippen LogP contribution in [0.3, 0.4) is 0 Å². The van der Waals surface area contributed by atoms with Crippen LogP contribution in [0.25, 0.3) is 6.08 Å². The Kier molecular flexibility index (Phi) is 5.18. The Bertz CT molecular complexity index is 1050. The molecule has 0 spiro atoms. The van der Waals surface area contributed by atoms with Gasteiger partial charge in [0.05, 0.1) is 5.56 Å². The quantitative estimate of drug-likeness (QED) is 0.494. The van der Waals surface area contributed by atoms with Crippen molar-refractivity contribution in [2.24, 2.45) is 0 Å². The summed E-state index contributed by atoms with van der Waals surface area (Å²) in [7, 11) is 0. The van der Waals surface area contributed by atoms with Crippen LogP contribution in [-0.4, -0.2) is 5.78 Å². The van der Waals surface area contributed by atoms with Gasteiger partial charge in [-0.2, -0.15) is 0 Å². The number of rotatable bonds is 5. The Morgan fingerprint density at radius 3 is 2.57 bits per heavy atom. The summed E-state index contributed by atoms with van der Waals surface area (Å²) in [6, 6.07) is 20.9. The van der Waals surface area contributed by atoms with Crippen molar-refractivity contribution in [3.63, 3.8) is 0 Å². The van der Waals surface area contributed by atoms with Gasteiger partial charge < -0.3 is 9.47 Å². The van der Waals surface area contributed by atoms with Gasteiger partial charge in [-0.05, 0) is 41.8 Å². The van der Waals surface area contributed by atoms with E-state index in [-0.39, 0.29) is 5.78 Å². The number of carbonyl (C=O) groups is 1. The van der Waals surface area contributed by atoms with Crippen molar-refractivity contribution in [1.82, 2.24) is 0 Å². The van der Waals surface area contributed by atoms with Crippen molar-refractivity contribution in [2.75, 3.05) is 0 Å². The van der Waals surface area contributed by atoms with Crippen molar-refractivity contribution < 1.29 is 14.3 Å². The minimum Gasteiger partial charge on any atom is -0.489 e. The first-order valence-electron chi connectivity index (χ1n) is 9.17. The molecule has 0 N–H and O–H groups in total. The Balaban J connectivity index is 1.50.